The quantitative estimate of drug-likeness (QED) is 0.397. The van der Waals surface area contributed by atoms with Crippen molar-refractivity contribution in [2.75, 3.05) is 27.0 Å². The van der Waals surface area contributed by atoms with Crippen molar-refractivity contribution >= 4 is 22.7 Å². The summed E-state index contributed by atoms with van der Waals surface area (Å²) in [5.41, 5.74) is 6.12. The zero-order valence-corrected chi connectivity index (χ0v) is 18.8. The van der Waals surface area contributed by atoms with E-state index in [2.05, 4.69) is 71.2 Å². The van der Waals surface area contributed by atoms with Gasteiger partial charge in [0.1, 0.15) is 0 Å². The van der Waals surface area contributed by atoms with Gasteiger partial charge < -0.3 is 19.8 Å². The van der Waals surface area contributed by atoms with E-state index in [0.717, 1.165) is 29.1 Å². The summed E-state index contributed by atoms with van der Waals surface area (Å²) in [7, 11) is 3.40. The van der Waals surface area contributed by atoms with E-state index >= 15 is 0 Å². The Kier molecular flexibility index (Phi) is 5.38. The highest BCUT2D eigenvalue weighted by Gasteiger charge is 2.34. The summed E-state index contributed by atoms with van der Waals surface area (Å²) < 4.78 is 11.4. The van der Waals surface area contributed by atoms with Crippen molar-refractivity contribution in [2.45, 2.75) is 16.9 Å². The van der Waals surface area contributed by atoms with Gasteiger partial charge in [0.25, 0.3) is 0 Å². The third kappa shape index (κ3) is 3.38. The van der Waals surface area contributed by atoms with Gasteiger partial charge in [-0.15, -0.1) is 11.8 Å². The van der Waals surface area contributed by atoms with Gasteiger partial charge in [-0.25, -0.2) is 0 Å². The summed E-state index contributed by atoms with van der Waals surface area (Å²) in [6.45, 7) is 0.813. The number of benzene rings is 3. The van der Waals surface area contributed by atoms with E-state index in [0.29, 0.717) is 0 Å². The number of rotatable bonds is 5. The average molecular weight is 431 g/mol. The van der Waals surface area contributed by atoms with E-state index in [-0.39, 0.29) is 12.0 Å². The molecule has 5 heteroatoms. The molecule has 2 N–H and O–H groups in total. The molecule has 0 radical (unpaired) electrons. The van der Waals surface area contributed by atoms with Crippen molar-refractivity contribution in [1.82, 2.24) is 10.3 Å². The van der Waals surface area contributed by atoms with Crippen LogP contribution in [0.5, 0.6) is 11.5 Å². The number of methoxy groups -OCH3 is 2. The van der Waals surface area contributed by atoms with Crippen molar-refractivity contribution in [1.29, 1.82) is 0 Å². The zero-order chi connectivity index (χ0) is 21.4. The Bertz CT molecular complexity index is 1220. The first-order valence-corrected chi connectivity index (χ1v) is 11.7. The maximum atomic E-state index is 5.80. The molecule has 0 spiro atoms. The van der Waals surface area contributed by atoms with Gasteiger partial charge >= 0.3 is 0 Å². The van der Waals surface area contributed by atoms with Crippen molar-refractivity contribution < 1.29 is 9.47 Å². The summed E-state index contributed by atoms with van der Waals surface area (Å²) in [6, 6.07) is 23.7. The largest absolute Gasteiger partial charge is 0.493 e. The standard InChI is InChI=1S/C26H26N2O2S/c1-29-22-10-6-8-18(26(22)30-2)20-15-27-24(16-11-13-17(31-3)14-12-16)25-23(20)19-7-4-5-9-21(19)28-25/h4-14,20,24,27-28H,15H2,1-3H3/t20-,24-/m0/s1. The van der Waals surface area contributed by atoms with Gasteiger partial charge in [-0.2, -0.15) is 0 Å². The van der Waals surface area contributed by atoms with Crippen LogP contribution >= 0.6 is 11.8 Å². The fourth-order valence-corrected chi connectivity index (χ4v) is 5.17. The van der Waals surface area contributed by atoms with Crippen LogP contribution in [0.2, 0.25) is 0 Å². The highest BCUT2D eigenvalue weighted by molar-refractivity contribution is 7.98. The lowest BCUT2D eigenvalue weighted by atomic mass is 9.82. The van der Waals surface area contributed by atoms with Gasteiger partial charge in [0.15, 0.2) is 11.5 Å². The minimum absolute atomic E-state index is 0.117. The molecule has 0 amide bonds. The molecule has 1 aliphatic rings. The first-order chi connectivity index (χ1) is 15.2. The van der Waals surface area contributed by atoms with E-state index in [1.54, 1.807) is 26.0 Å². The van der Waals surface area contributed by atoms with Gasteiger partial charge in [0, 0.05) is 39.5 Å². The predicted molar refractivity (Wildman–Crippen MR) is 128 cm³/mol. The molecule has 158 valence electrons. The number of aromatic amines is 1. The lowest BCUT2D eigenvalue weighted by molar-refractivity contribution is 0.349. The molecule has 2 atom stereocenters. The summed E-state index contributed by atoms with van der Waals surface area (Å²) >= 11 is 1.76. The van der Waals surface area contributed by atoms with Crippen LogP contribution in [0.1, 0.15) is 34.3 Å². The molecule has 1 aliphatic heterocycles. The summed E-state index contributed by atoms with van der Waals surface area (Å²) in [4.78, 5) is 4.99. The van der Waals surface area contributed by atoms with Crippen LogP contribution in [0, 0.1) is 0 Å². The topological polar surface area (TPSA) is 46.3 Å². The van der Waals surface area contributed by atoms with Gasteiger partial charge in [0.05, 0.1) is 20.3 Å². The summed E-state index contributed by atoms with van der Waals surface area (Å²) in [5.74, 6) is 1.71. The lowest BCUT2D eigenvalue weighted by Gasteiger charge is -2.32. The smallest absolute Gasteiger partial charge is 0.164 e. The molecule has 0 saturated carbocycles. The number of thioether (sulfide) groups is 1. The van der Waals surface area contributed by atoms with Crippen LogP contribution in [0.25, 0.3) is 10.9 Å². The first-order valence-electron chi connectivity index (χ1n) is 10.4. The molecule has 0 unspecified atom stereocenters. The van der Waals surface area contributed by atoms with Crippen LogP contribution < -0.4 is 14.8 Å². The second-order valence-corrected chi connectivity index (χ2v) is 8.63. The number of hydrogen-bond acceptors (Lipinski definition) is 4. The number of hydrogen-bond donors (Lipinski definition) is 2. The van der Waals surface area contributed by atoms with Crippen LogP contribution in [-0.2, 0) is 0 Å². The molecule has 0 saturated heterocycles. The number of fused-ring (bicyclic) bond motifs is 3. The Morgan fingerprint density at radius 2 is 1.71 bits per heavy atom. The Morgan fingerprint density at radius 3 is 2.45 bits per heavy atom. The normalized spacial score (nSPS) is 18.0. The molecule has 1 aromatic heterocycles. The summed E-state index contributed by atoms with van der Waals surface area (Å²) in [6.07, 6.45) is 2.11. The van der Waals surface area contributed by atoms with Crippen molar-refractivity contribution in [3.63, 3.8) is 0 Å². The Hall–Kier alpha value is -2.89. The number of nitrogens with one attached hydrogen (secondary N) is 2. The molecular weight excluding hydrogens is 404 g/mol. The molecule has 4 nitrogen and oxygen atoms in total. The minimum atomic E-state index is 0.117. The van der Waals surface area contributed by atoms with Gasteiger partial charge in [-0.3, -0.25) is 0 Å². The second kappa shape index (κ2) is 8.33. The third-order valence-corrected chi connectivity index (χ3v) is 6.94. The number of ether oxygens (including phenoxy) is 2. The number of para-hydroxylation sites is 2. The molecule has 31 heavy (non-hydrogen) atoms. The van der Waals surface area contributed by atoms with Gasteiger partial charge in [-0.05, 0) is 41.6 Å². The maximum Gasteiger partial charge on any atom is 0.164 e. The van der Waals surface area contributed by atoms with E-state index in [4.69, 9.17) is 9.47 Å². The van der Waals surface area contributed by atoms with Gasteiger partial charge in [0.2, 0.25) is 0 Å². The van der Waals surface area contributed by atoms with Crippen molar-refractivity contribution in [2.24, 2.45) is 0 Å². The van der Waals surface area contributed by atoms with E-state index in [9.17, 15) is 0 Å². The molecule has 3 aromatic carbocycles. The molecule has 2 heterocycles. The fraction of sp³-hybridized carbons (Fsp3) is 0.231. The lowest BCUT2D eigenvalue weighted by Crippen LogP contribution is -2.34. The predicted octanol–water partition coefficient (Wildman–Crippen LogP) is 5.73. The molecular formula is C26H26N2O2S. The first kappa shape index (κ1) is 20.0. The van der Waals surface area contributed by atoms with E-state index in [1.165, 1.54) is 27.1 Å². The third-order valence-electron chi connectivity index (χ3n) is 6.20. The Morgan fingerprint density at radius 1 is 0.903 bits per heavy atom. The van der Waals surface area contributed by atoms with Crippen molar-refractivity contribution in [3.05, 3.63) is 89.1 Å². The number of aromatic nitrogens is 1. The van der Waals surface area contributed by atoms with Crippen LogP contribution in [0.15, 0.2) is 71.6 Å². The Labute approximate surface area is 187 Å². The zero-order valence-electron chi connectivity index (χ0n) is 17.9. The molecule has 5 rings (SSSR count). The molecule has 0 fully saturated rings. The number of H-pyrrole nitrogens is 1. The van der Waals surface area contributed by atoms with Crippen LogP contribution in [-0.4, -0.2) is 32.0 Å². The van der Waals surface area contributed by atoms with E-state index < -0.39 is 0 Å². The van der Waals surface area contributed by atoms with Crippen LogP contribution in [0.4, 0.5) is 0 Å². The van der Waals surface area contributed by atoms with Crippen molar-refractivity contribution in [3.8, 4) is 11.5 Å². The Balaban J connectivity index is 1.68. The average Bonchev–Trinajstić information content (AvgIpc) is 3.23. The monoisotopic (exact) mass is 430 g/mol. The van der Waals surface area contributed by atoms with E-state index in [1.807, 2.05) is 12.1 Å². The van der Waals surface area contributed by atoms with Gasteiger partial charge in [-0.1, -0.05) is 42.5 Å². The van der Waals surface area contributed by atoms with Crippen LogP contribution in [0.3, 0.4) is 0 Å². The second-order valence-electron chi connectivity index (χ2n) is 7.75. The summed E-state index contributed by atoms with van der Waals surface area (Å²) in [5, 5.41) is 5.06. The highest BCUT2D eigenvalue weighted by Crippen LogP contribution is 2.45. The maximum absolute atomic E-state index is 5.80. The highest BCUT2D eigenvalue weighted by atomic mass is 32.2. The molecule has 4 aromatic rings. The minimum Gasteiger partial charge on any atom is -0.493 e. The fourth-order valence-electron chi connectivity index (χ4n) is 4.76. The SMILES string of the molecule is COc1cccc([C@@H]2CN[C@@H](c3ccc(SC)cc3)c3[nH]c4ccccc4c32)c1OC. The molecule has 0 aliphatic carbocycles. The molecule has 0 bridgehead atoms.